The molecule has 94 valence electrons. The van der Waals surface area contributed by atoms with E-state index in [-0.39, 0.29) is 5.91 Å². The third kappa shape index (κ3) is 4.13. The maximum absolute atomic E-state index is 11.4. The molecule has 0 saturated heterocycles. The molecule has 1 amide bonds. The van der Waals surface area contributed by atoms with Gasteiger partial charge < -0.3 is 10.6 Å². The molecule has 17 heavy (non-hydrogen) atoms. The van der Waals surface area contributed by atoms with Crippen molar-refractivity contribution < 1.29 is 4.79 Å². The Balaban J connectivity index is 1.60. The van der Waals surface area contributed by atoms with Crippen LogP contribution in [0, 0.1) is 0 Å². The summed E-state index contributed by atoms with van der Waals surface area (Å²) in [6.07, 6.45) is 3.99. The average molecular weight is 252 g/mol. The molecule has 0 unspecified atom stereocenters. The van der Waals surface area contributed by atoms with Gasteiger partial charge in [-0.2, -0.15) is 0 Å². The highest BCUT2D eigenvalue weighted by atomic mass is 32.1. The number of carbonyl (C=O) groups excluding carboxylic acids is 1. The van der Waals surface area contributed by atoms with Gasteiger partial charge in [0.1, 0.15) is 0 Å². The normalized spacial score (nSPS) is 14.9. The molecule has 0 aliphatic heterocycles. The summed E-state index contributed by atoms with van der Waals surface area (Å²) in [5, 5.41) is 8.46. The summed E-state index contributed by atoms with van der Waals surface area (Å²) in [5.74, 6) is 0.182. The van der Waals surface area contributed by atoms with Crippen molar-refractivity contribution in [2.75, 3.05) is 6.54 Å². The third-order valence-corrected chi connectivity index (χ3v) is 3.94. The predicted octanol–water partition coefficient (Wildman–Crippen LogP) is 2.07. The number of thiophene rings is 1. The summed E-state index contributed by atoms with van der Waals surface area (Å²) in [6.45, 7) is 3.83. The summed E-state index contributed by atoms with van der Waals surface area (Å²) in [5.41, 5.74) is 1.42. The van der Waals surface area contributed by atoms with Crippen LogP contribution in [0.25, 0.3) is 0 Å². The van der Waals surface area contributed by atoms with Gasteiger partial charge in [0.25, 0.3) is 0 Å². The molecule has 3 nitrogen and oxygen atoms in total. The Hall–Kier alpha value is -0.870. The van der Waals surface area contributed by atoms with Crippen LogP contribution < -0.4 is 10.6 Å². The van der Waals surface area contributed by atoms with E-state index in [0.29, 0.717) is 12.5 Å². The van der Waals surface area contributed by atoms with E-state index in [1.165, 1.54) is 10.4 Å². The molecule has 1 fully saturated rings. The quantitative estimate of drug-likeness (QED) is 0.729. The van der Waals surface area contributed by atoms with Crippen molar-refractivity contribution in [3.63, 3.8) is 0 Å². The van der Waals surface area contributed by atoms with Crippen LogP contribution in [0.4, 0.5) is 0 Å². The van der Waals surface area contributed by atoms with Crippen LogP contribution >= 0.6 is 11.3 Å². The van der Waals surface area contributed by atoms with Gasteiger partial charge in [0.05, 0.1) is 0 Å². The minimum atomic E-state index is 0.182. The lowest BCUT2D eigenvalue weighted by Crippen LogP contribution is -2.28. The second-order valence-corrected chi connectivity index (χ2v) is 5.49. The van der Waals surface area contributed by atoms with Crippen LogP contribution in [-0.2, 0) is 17.8 Å². The highest BCUT2D eigenvalue weighted by molar-refractivity contribution is 7.10. The fourth-order valence-electron chi connectivity index (χ4n) is 1.77. The molecule has 1 heterocycles. The number of hydrogen-bond donors (Lipinski definition) is 2. The number of carbonyl (C=O) groups is 1. The first-order valence-electron chi connectivity index (χ1n) is 6.35. The molecule has 0 bridgehead atoms. The maximum atomic E-state index is 11.4. The Kier molecular flexibility index (Phi) is 4.57. The second kappa shape index (κ2) is 6.17. The van der Waals surface area contributed by atoms with Crippen LogP contribution in [-0.4, -0.2) is 18.5 Å². The Morgan fingerprint density at radius 1 is 1.53 bits per heavy atom. The van der Waals surface area contributed by atoms with Gasteiger partial charge in [-0.05, 0) is 36.3 Å². The van der Waals surface area contributed by atoms with Gasteiger partial charge in [0, 0.05) is 30.4 Å². The Bertz CT molecular complexity index is 371. The smallest absolute Gasteiger partial charge is 0.221 e. The lowest BCUT2D eigenvalue weighted by molar-refractivity contribution is -0.121. The SMILES string of the molecule is CCc1ccsc1CNCCC(=O)NC1CC1. The van der Waals surface area contributed by atoms with Gasteiger partial charge in [-0.3, -0.25) is 4.79 Å². The van der Waals surface area contributed by atoms with Gasteiger partial charge in [-0.25, -0.2) is 0 Å². The first kappa shape index (κ1) is 12.6. The van der Waals surface area contributed by atoms with E-state index in [1.807, 2.05) is 0 Å². The van der Waals surface area contributed by atoms with E-state index >= 15 is 0 Å². The Morgan fingerprint density at radius 3 is 3.06 bits per heavy atom. The number of aryl methyl sites for hydroxylation is 1. The molecule has 0 atom stereocenters. The van der Waals surface area contributed by atoms with Crippen molar-refractivity contribution in [3.8, 4) is 0 Å². The van der Waals surface area contributed by atoms with Crippen molar-refractivity contribution in [2.24, 2.45) is 0 Å². The monoisotopic (exact) mass is 252 g/mol. The number of nitrogens with one attached hydrogen (secondary N) is 2. The zero-order valence-electron chi connectivity index (χ0n) is 10.3. The molecule has 0 spiro atoms. The predicted molar refractivity (Wildman–Crippen MR) is 71.2 cm³/mol. The van der Waals surface area contributed by atoms with Crippen LogP contribution in [0.2, 0.25) is 0 Å². The molecule has 2 rings (SSSR count). The first-order valence-corrected chi connectivity index (χ1v) is 7.23. The van der Waals surface area contributed by atoms with Gasteiger partial charge in [0.2, 0.25) is 5.91 Å². The lowest BCUT2D eigenvalue weighted by atomic mass is 10.2. The van der Waals surface area contributed by atoms with Crippen molar-refractivity contribution in [1.29, 1.82) is 0 Å². The fraction of sp³-hybridized carbons (Fsp3) is 0.615. The molecule has 0 aromatic carbocycles. The number of amides is 1. The zero-order valence-corrected chi connectivity index (χ0v) is 11.1. The van der Waals surface area contributed by atoms with E-state index in [9.17, 15) is 4.79 Å². The zero-order chi connectivity index (χ0) is 12.1. The second-order valence-electron chi connectivity index (χ2n) is 4.49. The van der Waals surface area contributed by atoms with E-state index < -0.39 is 0 Å². The maximum Gasteiger partial charge on any atom is 0.221 e. The van der Waals surface area contributed by atoms with Gasteiger partial charge in [-0.15, -0.1) is 11.3 Å². The average Bonchev–Trinajstić information content (AvgIpc) is 3.01. The molecule has 4 heteroatoms. The molecule has 1 aromatic heterocycles. The molecular weight excluding hydrogens is 232 g/mol. The summed E-state index contributed by atoms with van der Waals surface area (Å²) in [6, 6.07) is 2.66. The van der Waals surface area contributed by atoms with E-state index in [1.54, 1.807) is 11.3 Å². The van der Waals surface area contributed by atoms with Crippen molar-refractivity contribution in [3.05, 3.63) is 21.9 Å². The molecule has 1 aliphatic carbocycles. The lowest BCUT2D eigenvalue weighted by Gasteiger charge is -2.05. The molecule has 2 N–H and O–H groups in total. The van der Waals surface area contributed by atoms with Crippen LogP contribution in [0.3, 0.4) is 0 Å². The third-order valence-electron chi connectivity index (χ3n) is 2.98. The Labute approximate surface area is 107 Å². The van der Waals surface area contributed by atoms with Gasteiger partial charge in [0.15, 0.2) is 0 Å². The largest absolute Gasteiger partial charge is 0.353 e. The summed E-state index contributed by atoms with van der Waals surface area (Å²) in [4.78, 5) is 12.8. The first-order chi connectivity index (χ1) is 8.29. The standard InChI is InChI=1S/C13H20N2OS/c1-2-10-6-8-17-12(10)9-14-7-5-13(16)15-11-3-4-11/h6,8,11,14H,2-5,7,9H2,1H3,(H,15,16). The molecule has 1 saturated carbocycles. The van der Waals surface area contributed by atoms with Gasteiger partial charge in [-0.1, -0.05) is 6.92 Å². The van der Waals surface area contributed by atoms with E-state index in [0.717, 1.165) is 32.4 Å². The highest BCUT2D eigenvalue weighted by Crippen LogP contribution is 2.18. The fourth-order valence-corrected chi connectivity index (χ4v) is 2.71. The summed E-state index contributed by atoms with van der Waals surface area (Å²) >= 11 is 1.79. The van der Waals surface area contributed by atoms with Crippen LogP contribution in [0.5, 0.6) is 0 Å². The Morgan fingerprint density at radius 2 is 2.35 bits per heavy atom. The molecule has 1 aromatic rings. The van der Waals surface area contributed by atoms with Crippen LogP contribution in [0.15, 0.2) is 11.4 Å². The topological polar surface area (TPSA) is 41.1 Å². The van der Waals surface area contributed by atoms with E-state index in [4.69, 9.17) is 0 Å². The summed E-state index contributed by atoms with van der Waals surface area (Å²) < 4.78 is 0. The van der Waals surface area contributed by atoms with Crippen LogP contribution in [0.1, 0.15) is 36.6 Å². The van der Waals surface area contributed by atoms with Crippen molar-refractivity contribution in [1.82, 2.24) is 10.6 Å². The van der Waals surface area contributed by atoms with Crippen molar-refractivity contribution >= 4 is 17.2 Å². The molecular formula is C13H20N2OS. The minimum Gasteiger partial charge on any atom is -0.353 e. The molecule has 1 aliphatic rings. The van der Waals surface area contributed by atoms with E-state index in [2.05, 4.69) is 29.0 Å². The number of rotatable bonds is 7. The molecule has 0 radical (unpaired) electrons. The summed E-state index contributed by atoms with van der Waals surface area (Å²) in [7, 11) is 0. The number of hydrogen-bond acceptors (Lipinski definition) is 3. The van der Waals surface area contributed by atoms with Gasteiger partial charge >= 0.3 is 0 Å². The van der Waals surface area contributed by atoms with Crippen molar-refractivity contribution in [2.45, 2.75) is 45.2 Å². The minimum absolute atomic E-state index is 0.182. The highest BCUT2D eigenvalue weighted by Gasteiger charge is 2.22.